The SMILES string of the molecule is CC(=O)Nc1cncc(-c2ccc(C)c(N(c3ccccc3C)[SH](=O)=O)c2)c1. The van der Waals surface area contributed by atoms with Gasteiger partial charge in [-0.2, -0.15) is 0 Å². The van der Waals surface area contributed by atoms with Crippen LogP contribution in [-0.2, 0) is 15.7 Å². The van der Waals surface area contributed by atoms with E-state index in [1.54, 1.807) is 24.5 Å². The maximum Gasteiger partial charge on any atom is 0.229 e. The summed E-state index contributed by atoms with van der Waals surface area (Å²) in [5.74, 6) is -0.183. The molecule has 0 atom stereocenters. The largest absolute Gasteiger partial charge is 0.325 e. The third-order valence-electron chi connectivity index (χ3n) is 4.34. The lowest BCUT2D eigenvalue weighted by atomic mass is 10.0. The maximum absolute atomic E-state index is 12.1. The summed E-state index contributed by atoms with van der Waals surface area (Å²) >= 11 is 0. The molecule has 1 aromatic heterocycles. The Kier molecular flexibility index (Phi) is 5.75. The van der Waals surface area contributed by atoms with Crippen molar-refractivity contribution in [1.29, 1.82) is 0 Å². The number of carbonyl (C=O) groups is 1. The van der Waals surface area contributed by atoms with Gasteiger partial charge in [-0.25, -0.2) is 12.7 Å². The number of nitrogens with one attached hydrogen (secondary N) is 1. The number of amides is 1. The van der Waals surface area contributed by atoms with E-state index in [9.17, 15) is 13.2 Å². The Labute approximate surface area is 165 Å². The van der Waals surface area contributed by atoms with Gasteiger partial charge in [0.15, 0.2) is 0 Å². The summed E-state index contributed by atoms with van der Waals surface area (Å²) in [6.45, 7) is 5.18. The van der Waals surface area contributed by atoms with E-state index in [0.717, 1.165) is 22.3 Å². The molecule has 0 spiro atoms. The molecule has 0 fully saturated rings. The minimum Gasteiger partial charge on any atom is -0.325 e. The summed E-state index contributed by atoms with van der Waals surface area (Å²) in [7, 11) is -2.89. The van der Waals surface area contributed by atoms with Crippen LogP contribution in [0.1, 0.15) is 18.1 Å². The van der Waals surface area contributed by atoms with Gasteiger partial charge in [0.1, 0.15) is 0 Å². The second-order valence-electron chi connectivity index (χ2n) is 6.48. The molecule has 0 saturated heterocycles. The van der Waals surface area contributed by atoms with E-state index in [1.807, 2.05) is 50.2 Å². The number of carbonyl (C=O) groups excluding carboxylic acids is 1. The first kappa shape index (κ1) is 19.6. The first-order valence-corrected chi connectivity index (χ1v) is 9.83. The summed E-state index contributed by atoms with van der Waals surface area (Å²) in [6.07, 6.45) is 3.24. The molecule has 0 unspecified atom stereocenters. The fourth-order valence-corrected chi connectivity index (χ4v) is 3.79. The lowest BCUT2D eigenvalue weighted by Gasteiger charge is -2.22. The second kappa shape index (κ2) is 8.22. The smallest absolute Gasteiger partial charge is 0.229 e. The molecule has 6 nitrogen and oxygen atoms in total. The molecule has 1 heterocycles. The van der Waals surface area contributed by atoms with Crippen LogP contribution in [0.3, 0.4) is 0 Å². The van der Waals surface area contributed by atoms with Crippen LogP contribution < -0.4 is 9.62 Å². The van der Waals surface area contributed by atoms with Crippen molar-refractivity contribution in [2.45, 2.75) is 20.8 Å². The molecule has 28 heavy (non-hydrogen) atoms. The Balaban J connectivity index is 2.11. The summed E-state index contributed by atoms with van der Waals surface area (Å²) in [4.78, 5) is 15.5. The molecular weight excluding hydrogens is 374 g/mol. The molecule has 1 N–H and O–H groups in total. The number of rotatable bonds is 5. The van der Waals surface area contributed by atoms with Gasteiger partial charge in [0.25, 0.3) is 0 Å². The summed E-state index contributed by atoms with van der Waals surface area (Å²) in [5.41, 5.74) is 5.04. The van der Waals surface area contributed by atoms with Gasteiger partial charge in [-0.05, 0) is 48.7 Å². The van der Waals surface area contributed by atoms with Crippen LogP contribution in [0, 0.1) is 13.8 Å². The van der Waals surface area contributed by atoms with Crippen LogP contribution in [0.25, 0.3) is 11.1 Å². The van der Waals surface area contributed by atoms with Crippen LogP contribution in [0.15, 0.2) is 60.9 Å². The van der Waals surface area contributed by atoms with E-state index in [2.05, 4.69) is 10.3 Å². The highest BCUT2D eigenvalue weighted by Crippen LogP contribution is 2.34. The Hall–Kier alpha value is -3.19. The minimum absolute atomic E-state index is 0.183. The standard InChI is InChI=1S/C21H21N3O3S/c1-14-6-4-5-7-20(14)24(28(26)27)21-11-17(9-8-15(21)2)18-10-19(13-22-12-18)23-16(3)25/h4-13,28H,1-3H3,(H,23,25). The highest BCUT2D eigenvalue weighted by atomic mass is 32.2. The van der Waals surface area contributed by atoms with E-state index in [-0.39, 0.29) is 5.91 Å². The predicted octanol–water partition coefficient (Wildman–Crippen LogP) is 3.99. The van der Waals surface area contributed by atoms with Gasteiger partial charge in [0.2, 0.25) is 16.8 Å². The van der Waals surface area contributed by atoms with Gasteiger partial charge in [-0.15, -0.1) is 0 Å². The molecule has 0 saturated carbocycles. The van der Waals surface area contributed by atoms with Gasteiger partial charge < -0.3 is 5.32 Å². The number of hydrogen-bond donors (Lipinski definition) is 2. The van der Waals surface area contributed by atoms with Gasteiger partial charge in [0.05, 0.1) is 23.3 Å². The molecule has 0 aliphatic rings. The van der Waals surface area contributed by atoms with Crippen molar-refractivity contribution in [1.82, 2.24) is 4.98 Å². The molecule has 144 valence electrons. The van der Waals surface area contributed by atoms with Crippen molar-refractivity contribution >= 4 is 33.9 Å². The maximum atomic E-state index is 12.1. The lowest BCUT2D eigenvalue weighted by Crippen LogP contribution is -2.16. The lowest BCUT2D eigenvalue weighted by molar-refractivity contribution is -0.114. The van der Waals surface area contributed by atoms with Crippen LogP contribution in [0.4, 0.5) is 17.1 Å². The number of para-hydroxylation sites is 1. The van der Waals surface area contributed by atoms with Gasteiger partial charge in [-0.3, -0.25) is 9.78 Å². The third-order valence-corrected chi connectivity index (χ3v) is 5.09. The Bertz CT molecular complexity index is 1100. The fourth-order valence-electron chi connectivity index (χ4n) is 2.99. The molecule has 0 radical (unpaired) electrons. The quantitative estimate of drug-likeness (QED) is 0.640. The summed E-state index contributed by atoms with van der Waals surface area (Å²) < 4.78 is 25.6. The number of anilines is 3. The monoisotopic (exact) mass is 395 g/mol. The second-order valence-corrected chi connectivity index (χ2v) is 7.36. The topological polar surface area (TPSA) is 79.4 Å². The van der Waals surface area contributed by atoms with E-state index >= 15 is 0 Å². The normalized spacial score (nSPS) is 10.7. The zero-order valence-corrected chi connectivity index (χ0v) is 16.7. The van der Waals surface area contributed by atoms with Gasteiger partial charge >= 0.3 is 0 Å². The highest BCUT2D eigenvalue weighted by Gasteiger charge is 2.17. The predicted molar refractivity (Wildman–Crippen MR) is 112 cm³/mol. The van der Waals surface area contributed by atoms with Crippen molar-refractivity contribution in [3.8, 4) is 11.1 Å². The molecule has 0 aliphatic carbocycles. The number of pyridine rings is 1. The number of benzene rings is 2. The van der Waals surface area contributed by atoms with Crippen molar-refractivity contribution in [3.05, 3.63) is 72.1 Å². The van der Waals surface area contributed by atoms with E-state index in [1.165, 1.54) is 11.2 Å². The fraction of sp³-hybridized carbons (Fsp3) is 0.143. The highest BCUT2D eigenvalue weighted by molar-refractivity contribution is 7.74. The van der Waals surface area contributed by atoms with E-state index < -0.39 is 10.9 Å². The van der Waals surface area contributed by atoms with Crippen molar-refractivity contribution < 1.29 is 13.2 Å². The zero-order chi connectivity index (χ0) is 20.3. The molecule has 2 aromatic carbocycles. The van der Waals surface area contributed by atoms with Gasteiger partial charge in [-0.1, -0.05) is 30.3 Å². The number of hydrogen-bond acceptors (Lipinski definition) is 4. The van der Waals surface area contributed by atoms with Crippen LogP contribution >= 0.6 is 0 Å². The molecular formula is C21H21N3O3S. The molecule has 1 amide bonds. The first-order valence-electron chi connectivity index (χ1n) is 8.70. The van der Waals surface area contributed by atoms with Crippen molar-refractivity contribution in [3.63, 3.8) is 0 Å². The Morgan fingerprint density at radius 3 is 2.32 bits per heavy atom. The Morgan fingerprint density at radius 1 is 0.929 bits per heavy atom. The Morgan fingerprint density at radius 2 is 1.64 bits per heavy atom. The first-order chi connectivity index (χ1) is 13.4. The molecule has 3 aromatic rings. The minimum atomic E-state index is -2.89. The van der Waals surface area contributed by atoms with E-state index in [4.69, 9.17) is 0 Å². The third kappa shape index (κ3) is 4.20. The average Bonchev–Trinajstić information content (AvgIpc) is 2.64. The number of aromatic nitrogens is 1. The van der Waals surface area contributed by atoms with Crippen LogP contribution in [0.2, 0.25) is 0 Å². The number of nitrogens with zero attached hydrogens (tertiary/aromatic N) is 2. The van der Waals surface area contributed by atoms with Gasteiger partial charge in [0, 0.05) is 18.7 Å². The van der Waals surface area contributed by atoms with Crippen LogP contribution in [-0.4, -0.2) is 19.3 Å². The average molecular weight is 395 g/mol. The zero-order valence-electron chi connectivity index (χ0n) is 15.8. The number of aryl methyl sites for hydroxylation is 2. The molecule has 0 bridgehead atoms. The number of thiol groups is 1. The van der Waals surface area contributed by atoms with Crippen molar-refractivity contribution in [2.24, 2.45) is 0 Å². The molecule has 0 aliphatic heterocycles. The molecule has 3 rings (SSSR count). The summed E-state index contributed by atoms with van der Waals surface area (Å²) in [5, 5.41) is 2.71. The van der Waals surface area contributed by atoms with Crippen molar-refractivity contribution in [2.75, 3.05) is 9.62 Å². The summed E-state index contributed by atoms with van der Waals surface area (Å²) in [6, 6.07) is 14.7. The van der Waals surface area contributed by atoms with Crippen LogP contribution in [0.5, 0.6) is 0 Å². The molecule has 7 heteroatoms. The van der Waals surface area contributed by atoms with E-state index in [0.29, 0.717) is 17.1 Å².